The van der Waals surface area contributed by atoms with Crippen LogP contribution in [0, 0.1) is 30.6 Å². The predicted molar refractivity (Wildman–Crippen MR) is 79.9 cm³/mol. The van der Waals surface area contributed by atoms with Crippen molar-refractivity contribution in [2.75, 3.05) is 0 Å². The molecule has 1 fully saturated rings. The zero-order chi connectivity index (χ0) is 15.4. The minimum atomic E-state index is -0.757. The van der Waals surface area contributed by atoms with Crippen LogP contribution in [0.25, 0.3) is 11.0 Å². The van der Waals surface area contributed by atoms with Crippen LogP contribution < -0.4 is 5.32 Å². The maximum Gasteiger partial charge on any atom is 0.256 e. The van der Waals surface area contributed by atoms with Gasteiger partial charge < -0.3 is 9.73 Å². The number of hydrogen-bond acceptors (Lipinski definition) is 3. The van der Waals surface area contributed by atoms with E-state index >= 15 is 0 Å². The Hall–Kier alpha value is -2.28. The number of rotatable bonds is 2. The van der Waals surface area contributed by atoms with E-state index in [-0.39, 0.29) is 11.3 Å². The second kappa shape index (κ2) is 4.11. The Kier molecular flexibility index (Phi) is 2.68. The Labute approximate surface area is 123 Å². The zero-order valence-electron chi connectivity index (χ0n) is 12.7. The van der Waals surface area contributed by atoms with E-state index in [1.165, 1.54) is 6.26 Å². The van der Waals surface area contributed by atoms with Crippen molar-refractivity contribution in [3.8, 4) is 6.07 Å². The summed E-state index contributed by atoms with van der Waals surface area (Å²) in [6.45, 7) is 7.98. The summed E-state index contributed by atoms with van der Waals surface area (Å²) >= 11 is 0. The van der Waals surface area contributed by atoms with Gasteiger partial charge in [-0.2, -0.15) is 5.26 Å². The molecule has 2 aromatic rings. The highest BCUT2D eigenvalue weighted by Crippen LogP contribution is 2.55. The Bertz CT molecular complexity index is 795. The molecule has 1 atom stereocenters. The van der Waals surface area contributed by atoms with Crippen molar-refractivity contribution in [1.29, 1.82) is 5.26 Å². The number of furan rings is 1. The second-order valence-electron chi connectivity index (χ2n) is 6.61. The van der Waals surface area contributed by atoms with Gasteiger partial charge in [0.1, 0.15) is 17.4 Å². The lowest BCUT2D eigenvalue weighted by atomic mass is 10.0. The lowest BCUT2D eigenvalue weighted by molar-refractivity contribution is 0.0935. The lowest BCUT2D eigenvalue weighted by Gasteiger charge is -2.13. The van der Waals surface area contributed by atoms with E-state index in [0.717, 1.165) is 16.5 Å². The summed E-state index contributed by atoms with van der Waals surface area (Å²) in [4.78, 5) is 12.5. The molecule has 0 bridgehead atoms. The first-order valence-electron chi connectivity index (χ1n) is 7.02. The summed E-state index contributed by atoms with van der Waals surface area (Å²) in [6.07, 6.45) is 2.15. The third kappa shape index (κ3) is 1.92. The summed E-state index contributed by atoms with van der Waals surface area (Å²) in [6, 6.07) is 6.13. The number of fused-ring (bicyclic) bond motifs is 1. The largest absolute Gasteiger partial charge is 0.463 e. The molecule has 0 spiro atoms. The Balaban J connectivity index is 1.97. The minimum absolute atomic E-state index is 0.177. The molecule has 1 saturated carbocycles. The molecule has 1 N–H and O–H groups in total. The smallest absolute Gasteiger partial charge is 0.256 e. The van der Waals surface area contributed by atoms with Crippen molar-refractivity contribution in [1.82, 2.24) is 5.32 Å². The van der Waals surface area contributed by atoms with E-state index in [0.29, 0.717) is 17.6 Å². The standard InChI is InChI=1S/C17H18N2O2/c1-10-5-12-13(7-21-14(12)6-11(10)2)15(20)19-17(9-18)8-16(17,3)4/h5-7H,8H2,1-4H3,(H,19,20). The maximum atomic E-state index is 12.5. The average molecular weight is 282 g/mol. The Morgan fingerprint density at radius 2 is 1.95 bits per heavy atom. The van der Waals surface area contributed by atoms with Crippen LogP contribution in [0.3, 0.4) is 0 Å². The SMILES string of the molecule is Cc1cc2occ(C(=O)NC3(C#N)CC3(C)C)c2cc1C. The summed E-state index contributed by atoms with van der Waals surface area (Å²) in [7, 11) is 0. The van der Waals surface area contributed by atoms with Crippen LogP contribution >= 0.6 is 0 Å². The van der Waals surface area contributed by atoms with Gasteiger partial charge in [0.25, 0.3) is 5.91 Å². The summed E-state index contributed by atoms with van der Waals surface area (Å²) in [5.41, 5.74) is 2.49. The number of benzene rings is 1. The van der Waals surface area contributed by atoms with Gasteiger partial charge in [-0.3, -0.25) is 4.79 Å². The highest BCUT2D eigenvalue weighted by molar-refractivity contribution is 6.06. The number of amides is 1. The Morgan fingerprint density at radius 3 is 2.52 bits per heavy atom. The van der Waals surface area contributed by atoms with Gasteiger partial charge in [0.15, 0.2) is 0 Å². The van der Waals surface area contributed by atoms with Gasteiger partial charge in [0.2, 0.25) is 0 Å². The van der Waals surface area contributed by atoms with Crippen molar-refractivity contribution in [2.45, 2.75) is 39.7 Å². The number of aryl methyl sites for hydroxylation is 2. The first kappa shape index (κ1) is 13.7. The number of carbonyl (C=O) groups is 1. The number of hydrogen-bond donors (Lipinski definition) is 1. The molecular weight excluding hydrogens is 264 g/mol. The highest BCUT2D eigenvalue weighted by atomic mass is 16.3. The van der Waals surface area contributed by atoms with Gasteiger partial charge in [-0.15, -0.1) is 0 Å². The molecule has 0 aliphatic heterocycles. The first-order chi connectivity index (χ1) is 9.79. The maximum absolute atomic E-state index is 12.5. The molecule has 3 rings (SSSR count). The van der Waals surface area contributed by atoms with E-state index in [1.54, 1.807) is 0 Å². The van der Waals surface area contributed by atoms with Gasteiger partial charge in [-0.05, 0) is 43.5 Å². The number of nitrogens with one attached hydrogen (secondary N) is 1. The summed E-state index contributed by atoms with van der Waals surface area (Å²) in [5, 5.41) is 13.0. The molecule has 0 saturated heterocycles. The van der Waals surface area contributed by atoms with E-state index < -0.39 is 5.54 Å². The minimum Gasteiger partial charge on any atom is -0.463 e. The van der Waals surface area contributed by atoms with Gasteiger partial charge in [0, 0.05) is 10.8 Å². The fourth-order valence-corrected chi connectivity index (χ4v) is 2.77. The molecule has 0 radical (unpaired) electrons. The van der Waals surface area contributed by atoms with E-state index in [9.17, 15) is 10.1 Å². The fraction of sp³-hybridized carbons (Fsp3) is 0.412. The van der Waals surface area contributed by atoms with Gasteiger partial charge in [-0.25, -0.2) is 0 Å². The monoisotopic (exact) mass is 282 g/mol. The quantitative estimate of drug-likeness (QED) is 0.917. The molecule has 1 amide bonds. The molecule has 21 heavy (non-hydrogen) atoms. The molecule has 1 heterocycles. The van der Waals surface area contributed by atoms with Crippen LogP contribution in [0.15, 0.2) is 22.8 Å². The molecular formula is C17H18N2O2. The summed E-state index contributed by atoms with van der Waals surface area (Å²) < 4.78 is 5.48. The van der Waals surface area contributed by atoms with Gasteiger partial charge in [-0.1, -0.05) is 13.8 Å². The van der Waals surface area contributed by atoms with Crippen LogP contribution in [0.4, 0.5) is 0 Å². The van der Waals surface area contributed by atoms with Crippen LogP contribution in [-0.4, -0.2) is 11.4 Å². The van der Waals surface area contributed by atoms with Crippen LogP contribution in [0.5, 0.6) is 0 Å². The zero-order valence-corrected chi connectivity index (χ0v) is 12.7. The summed E-state index contributed by atoms with van der Waals surface area (Å²) in [5.74, 6) is -0.246. The van der Waals surface area contributed by atoms with Crippen molar-refractivity contribution in [3.05, 3.63) is 35.1 Å². The predicted octanol–water partition coefficient (Wildman–Crippen LogP) is 3.47. The van der Waals surface area contributed by atoms with Crippen molar-refractivity contribution >= 4 is 16.9 Å². The van der Waals surface area contributed by atoms with E-state index in [1.807, 2.05) is 39.8 Å². The molecule has 1 aliphatic carbocycles. The van der Waals surface area contributed by atoms with Crippen molar-refractivity contribution in [3.63, 3.8) is 0 Å². The molecule has 4 nitrogen and oxygen atoms in total. The molecule has 1 unspecified atom stereocenters. The molecule has 1 aliphatic rings. The van der Waals surface area contributed by atoms with Gasteiger partial charge >= 0.3 is 0 Å². The lowest BCUT2D eigenvalue weighted by Crippen LogP contribution is -2.39. The van der Waals surface area contributed by atoms with Crippen LogP contribution in [-0.2, 0) is 0 Å². The average Bonchev–Trinajstić information content (AvgIpc) is 2.76. The first-order valence-corrected chi connectivity index (χ1v) is 7.02. The van der Waals surface area contributed by atoms with Crippen LogP contribution in [0.1, 0.15) is 41.8 Å². The van der Waals surface area contributed by atoms with Crippen molar-refractivity contribution in [2.24, 2.45) is 5.41 Å². The van der Waals surface area contributed by atoms with Crippen molar-refractivity contribution < 1.29 is 9.21 Å². The number of nitriles is 1. The Morgan fingerprint density at radius 1 is 1.33 bits per heavy atom. The molecule has 1 aromatic carbocycles. The van der Waals surface area contributed by atoms with E-state index in [4.69, 9.17) is 4.42 Å². The molecule has 1 aromatic heterocycles. The third-order valence-electron chi connectivity index (χ3n) is 4.69. The second-order valence-corrected chi connectivity index (χ2v) is 6.61. The highest BCUT2D eigenvalue weighted by Gasteiger charge is 2.63. The number of carbonyl (C=O) groups excluding carboxylic acids is 1. The molecule has 108 valence electrons. The van der Waals surface area contributed by atoms with E-state index in [2.05, 4.69) is 11.4 Å². The normalized spacial score (nSPS) is 22.8. The molecule has 4 heteroatoms. The third-order valence-corrected chi connectivity index (χ3v) is 4.69. The van der Waals surface area contributed by atoms with Gasteiger partial charge in [0.05, 0.1) is 11.6 Å². The number of nitrogens with zero attached hydrogens (tertiary/aromatic N) is 1. The fourth-order valence-electron chi connectivity index (χ4n) is 2.77. The topological polar surface area (TPSA) is 66.0 Å². The van der Waals surface area contributed by atoms with Crippen LogP contribution in [0.2, 0.25) is 0 Å².